The molecule has 5 saturated carbocycles. The predicted molar refractivity (Wildman–Crippen MR) is 208 cm³/mol. The monoisotopic (exact) mass is 898 g/mol. The molecule has 6 aliphatic carbocycles. The number of allylic oxidation sites excluding steroid dienone is 2. The molecule has 2 saturated heterocycles. The van der Waals surface area contributed by atoms with E-state index in [1.165, 1.54) is 6.08 Å². The van der Waals surface area contributed by atoms with Crippen molar-refractivity contribution in [1.29, 1.82) is 0 Å². The van der Waals surface area contributed by atoms with E-state index in [1.54, 1.807) is 0 Å². The lowest BCUT2D eigenvalue weighted by molar-refractivity contribution is -0.235. The normalized spacial score (nSPS) is 51.6. The smallest absolute Gasteiger partial charge is 0.309 e. The van der Waals surface area contributed by atoms with Crippen molar-refractivity contribution >= 4 is 17.7 Å². The average Bonchev–Trinajstić information content (AvgIpc) is 3.35. The Balaban J connectivity index is 1.15. The molecular weight excluding hydrogens is 836 g/mol. The van der Waals surface area contributed by atoms with Gasteiger partial charge in [0.2, 0.25) is 5.78 Å². The van der Waals surface area contributed by atoms with Crippen molar-refractivity contribution in [3.8, 4) is 0 Å². The number of carbonyl (C=O) groups is 3. The maximum Gasteiger partial charge on any atom is 0.309 e. The molecule has 2 aliphatic heterocycles. The molecule has 0 aromatic heterocycles. The Bertz CT molecular complexity index is 1730. The molecular formula is C43H62O20. The molecule has 354 valence electrons. The van der Waals surface area contributed by atoms with Gasteiger partial charge in [-0.15, -0.1) is 0 Å². The van der Waals surface area contributed by atoms with E-state index in [0.717, 1.165) is 6.08 Å². The van der Waals surface area contributed by atoms with Gasteiger partial charge in [0.15, 0.2) is 5.76 Å². The number of hydrogen-bond donors (Lipinski definition) is 13. The van der Waals surface area contributed by atoms with Crippen LogP contribution in [0.2, 0.25) is 0 Å². The lowest BCUT2D eigenvalue weighted by Crippen LogP contribution is -2.60. The number of ether oxygens (including phenoxy) is 4. The Morgan fingerprint density at radius 3 is 1.51 bits per heavy atom. The van der Waals surface area contributed by atoms with Gasteiger partial charge in [0, 0.05) is 11.8 Å². The molecule has 0 bridgehead atoms. The Morgan fingerprint density at radius 2 is 0.984 bits per heavy atom. The summed E-state index contributed by atoms with van der Waals surface area (Å²) < 4.78 is 25.3. The van der Waals surface area contributed by atoms with Crippen LogP contribution in [0.25, 0.3) is 0 Å². The average molecular weight is 899 g/mol. The second-order valence-electron chi connectivity index (χ2n) is 19.6. The van der Waals surface area contributed by atoms with Gasteiger partial charge in [-0.3, -0.25) is 14.4 Å². The maximum atomic E-state index is 14.2. The van der Waals surface area contributed by atoms with E-state index in [0.29, 0.717) is 0 Å². The van der Waals surface area contributed by atoms with Crippen molar-refractivity contribution in [2.24, 2.45) is 41.4 Å². The van der Waals surface area contributed by atoms with Gasteiger partial charge in [0.1, 0.15) is 30.5 Å². The number of aliphatic hydroxyl groups excluding tert-OH is 13. The molecule has 8 rings (SSSR count). The van der Waals surface area contributed by atoms with E-state index in [9.17, 15) is 80.8 Å². The van der Waals surface area contributed by atoms with Crippen molar-refractivity contribution < 1.29 is 99.7 Å². The summed E-state index contributed by atoms with van der Waals surface area (Å²) >= 11 is 0. The van der Waals surface area contributed by atoms with Gasteiger partial charge >= 0.3 is 11.9 Å². The fourth-order valence-electron chi connectivity index (χ4n) is 12.0. The first-order valence-corrected chi connectivity index (χ1v) is 22.3. The lowest BCUT2D eigenvalue weighted by atomic mass is 9.63. The molecule has 0 radical (unpaired) electrons. The zero-order chi connectivity index (χ0) is 45.3. The second kappa shape index (κ2) is 18.5. The predicted octanol–water partition coefficient (Wildman–Crippen LogP) is -3.70. The van der Waals surface area contributed by atoms with E-state index in [-0.39, 0.29) is 76.2 Å². The molecule has 0 amide bonds. The van der Waals surface area contributed by atoms with Crippen LogP contribution in [-0.4, -0.2) is 194 Å². The number of hydrogen-bond acceptors (Lipinski definition) is 20. The number of fused-ring (bicyclic) bond motifs is 3. The number of esters is 2. The summed E-state index contributed by atoms with van der Waals surface area (Å²) in [6.45, 7) is 0. The third kappa shape index (κ3) is 9.23. The topological polar surface area (TPSA) is 351 Å². The fraction of sp³-hybridized carbons (Fsp3) is 0.837. The summed E-state index contributed by atoms with van der Waals surface area (Å²) in [7, 11) is 0. The van der Waals surface area contributed by atoms with Crippen LogP contribution in [0.5, 0.6) is 0 Å². The standard InChI is InChI=1S/C43H62O20/c44-17-7-23(46)21-12-33(62-42(58)15-3-25(48)36(54)26(49)4-15)40(60-31(21)9-17)14-1-19-20(11-30(53)39(57)35(19)38(56)29(52)2-14)41-34(13-22-24(47)8-18(45)10-32(22)61-41)63-43(59)16-5-27(50)37(55)28(51)6-16/h1-2,15-28,30-37,39-41,44-55,57H,3-13H2/t15?,16?,17?,18?,19?,20?,21?,22?,23?,24?,25?,26?,27?,28?,30?,31?,32?,33-,34-,35?,36?,37?,39?,40-,41-/m0/s1. The second-order valence-corrected chi connectivity index (χ2v) is 19.6. The number of Topliss-reactive ketones (excluding diaryl/α,β-unsaturated/α-hetero) is 1. The van der Waals surface area contributed by atoms with Crippen molar-refractivity contribution in [1.82, 2.24) is 0 Å². The zero-order valence-corrected chi connectivity index (χ0v) is 34.5. The summed E-state index contributed by atoms with van der Waals surface area (Å²) in [6, 6.07) is 0. The Morgan fingerprint density at radius 1 is 0.524 bits per heavy atom. The van der Waals surface area contributed by atoms with Crippen LogP contribution >= 0.6 is 0 Å². The highest BCUT2D eigenvalue weighted by atomic mass is 16.6. The van der Waals surface area contributed by atoms with E-state index in [2.05, 4.69) is 0 Å². The largest absolute Gasteiger partial charge is 0.504 e. The molecule has 21 atom stereocenters. The summed E-state index contributed by atoms with van der Waals surface area (Å²) in [6.07, 6.45) is -20.9. The van der Waals surface area contributed by atoms with Gasteiger partial charge in [-0.1, -0.05) is 6.08 Å². The van der Waals surface area contributed by atoms with Gasteiger partial charge in [-0.05, 0) is 94.1 Å². The van der Waals surface area contributed by atoms with Crippen molar-refractivity contribution in [2.45, 2.75) is 181 Å². The minimum absolute atomic E-state index is 0.00492. The van der Waals surface area contributed by atoms with E-state index in [4.69, 9.17) is 18.9 Å². The third-order valence-electron chi connectivity index (χ3n) is 15.4. The van der Waals surface area contributed by atoms with Crippen LogP contribution in [0.1, 0.15) is 70.6 Å². The fourth-order valence-corrected chi connectivity index (χ4v) is 12.0. The quantitative estimate of drug-likeness (QED) is 0.114. The molecule has 20 nitrogen and oxygen atoms in total. The molecule has 0 aromatic carbocycles. The van der Waals surface area contributed by atoms with E-state index in [1.807, 2.05) is 0 Å². The van der Waals surface area contributed by atoms with Crippen LogP contribution in [0.15, 0.2) is 23.5 Å². The zero-order valence-electron chi connectivity index (χ0n) is 34.5. The molecule has 13 N–H and O–H groups in total. The first kappa shape index (κ1) is 46.8. The van der Waals surface area contributed by atoms with Crippen molar-refractivity contribution in [3.63, 3.8) is 0 Å². The summed E-state index contributed by atoms with van der Waals surface area (Å²) in [5.41, 5.74) is 0.0846. The highest BCUT2D eigenvalue weighted by molar-refractivity contribution is 5.97. The molecule has 63 heavy (non-hydrogen) atoms. The SMILES string of the molecule is O=C(O[C@H]1CC2C(O)CC(O)CC2O[C@H]1C1=CC2C(C(=O)C(O)=C1)C(O)C(O)CC2[C@@H]1OC2CC(O)CC(O)C2C[C@@H]1OC(=O)C1CC(O)C(O)C(O)C1)C1CC(O)C(O)C(O)C1. The molecule has 17 unspecified atom stereocenters. The molecule has 0 spiro atoms. The molecule has 0 aromatic rings. The van der Waals surface area contributed by atoms with Crippen molar-refractivity contribution in [2.75, 3.05) is 0 Å². The summed E-state index contributed by atoms with van der Waals surface area (Å²) in [4.78, 5) is 41.8. The van der Waals surface area contributed by atoms with Gasteiger partial charge in [-0.2, -0.15) is 0 Å². The van der Waals surface area contributed by atoms with Gasteiger partial charge in [0.25, 0.3) is 0 Å². The van der Waals surface area contributed by atoms with Crippen LogP contribution in [0, 0.1) is 41.4 Å². The number of aliphatic hydroxyl groups is 13. The summed E-state index contributed by atoms with van der Waals surface area (Å²) in [5.74, 6) is -10.5. The maximum absolute atomic E-state index is 14.2. The van der Waals surface area contributed by atoms with Gasteiger partial charge in [-0.25, -0.2) is 0 Å². The third-order valence-corrected chi connectivity index (χ3v) is 15.4. The molecule has 2 heterocycles. The Kier molecular flexibility index (Phi) is 13.8. The Labute approximate surface area is 362 Å². The van der Waals surface area contributed by atoms with Gasteiger partial charge in [0.05, 0.1) is 97.1 Å². The van der Waals surface area contributed by atoms with Gasteiger partial charge < -0.3 is 85.3 Å². The number of carbonyl (C=O) groups excluding carboxylic acids is 3. The van der Waals surface area contributed by atoms with E-state index >= 15 is 0 Å². The summed E-state index contributed by atoms with van der Waals surface area (Å²) in [5, 5.41) is 139. The first-order chi connectivity index (χ1) is 29.8. The minimum atomic E-state index is -1.73. The van der Waals surface area contributed by atoms with Crippen LogP contribution < -0.4 is 0 Å². The first-order valence-electron chi connectivity index (χ1n) is 22.3. The Hall–Kier alpha value is -2.67. The molecule has 7 fully saturated rings. The van der Waals surface area contributed by atoms with Crippen molar-refractivity contribution in [3.05, 3.63) is 23.5 Å². The minimum Gasteiger partial charge on any atom is -0.504 e. The highest BCUT2D eigenvalue weighted by Crippen LogP contribution is 2.50. The number of rotatable bonds is 6. The van der Waals surface area contributed by atoms with Crippen LogP contribution in [-0.2, 0) is 33.3 Å². The van der Waals surface area contributed by atoms with E-state index < -0.39 is 175 Å². The molecule has 8 aliphatic rings. The van der Waals surface area contributed by atoms with Crippen LogP contribution in [0.4, 0.5) is 0 Å². The molecule has 20 heteroatoms. The van der Waals surface area contributed by atoms with Crippen LogP contribution in [0.3, 0.4) is 0 Å². The lowest BCUT2D eigenvalue weighted by Gasteiger charge is -2.52. The number of ketones is 1. The highest BCUT2D eigenvalue weighted by Gasteiger charge is 2.57.